The van der Waals surface area contributed by atoms with Crippen molar-refractivity contribution in [3.8, 4) is 0 Å². The molecule has 5 nitrogen and oxygen atoms in total. The summed E-state index contributed by atoms with van der Waals surface area (Å²) < 4.78 is 0. The molecule has 0 aliphatic carbocycles. The molecule has 3 N–H and O–H groups in total. The van der Waals surface area contributed by atoms with Crippen molar-refractivity contribution in [3.05, 3.63) is 30.3 Å². The Labute approximate surface area is 132 Å². The predicted molar refractivity (Wildman–Crippen MR) is 87.7 cm³/mol. The van der Waals surface area contributed by atoms with Crippen LogP contribution in [0, 0.1) is 0 Å². The summed E-state index contributed by atoms with van der Waals surface area (Å²) in [6.07, 6.45) is 0. The van der Waals surface area contributed by atoms with Crippen LogP contribution < -0.4 is 16.0 Å². The molecular formula is C15H24ClN3O2. The highest BCUT2D eigenvalue weighted by Gasteiger charge is 2.20. The molecule has 1 unspecified atom stereocenters. The van der Waals surface area contributed by atoms with Crippen LogP contribution in [-0.2, 0) is 9.59 Å². The van der Waals surface area contributed by atoms with Gasteiger partial charge in [0.2, 0.25) is 11.8 Å². The first-order valence-electron chi connectivity index (χ1n) is 6.68. The van der Waals surface area contributed by atoms with E-state index in [1.807, 2.05) is 51.1 Å². The van der Waals surface area contributed by atoms with Crippen LogP contribution in [0.1, 0.15) is 27.7 Å². The summed E-state index contributed by atoms with van der Waals surface area (Å²) in [5.74, 6) is -0.407. The van der Waals surface area contributed by atoms with E-state index in [9.17, 15) is 9.59 Å². The Hall–Kier alpha value is -1.75. The first-order chi connectivity index (χ1) is 9.28. The van der Waals surface area contributed by atoms with Crippen molar-refractivity contribution in [2.75, 3.05) is 11.9 Å². The maximum absolute atomic E-state index is 11.8. The van der Waals surface area contributed by atoms with Gasteiger partial charge in [-0.25, -0.2) is 0 Å². The van der Waals surface area contributed by atoms with Crippen LogP contribution >= 0.6 is 12.4 Å². The molecule has 0 saturated heterocycles. The summed E-state index contributed by atoms with van der Waals surface area (Å²) in [5, 5.41) is 8.48. The van der Waals surface area contributed by atoms with Crippen LogP contribution in [0.15, 0.2) is 30.3 Å². The van der Waals surface area contributed by atoms with Crippen LogP contribution in [0.5, 0.6) is 0 Å². The molecule has 1 aromatic rings. The van der Waals surface area contributed by atoms with Crippen LogP contribution in [0.25, 0.3) is 0 Å². The summed E-state index contributed by atoms with van der Waals surface area (Å²) in [5.41, 5.74) is 0.563. The number of halogens is 1. The summed E-state index contributed by atoms with van der Waals surface area (Å²) in [7, 11) is 0. The van der Waals surface area contributed by atoms with E-state index in [1.165, 1.54) is 0 Å². The summed E-state index contributed by atoms with van der Waals surface area (Å²) in [4.78, 5) is 23.6. The third-order valence-corrected chi connectivity index (χ3v) is 2.50. The van der Waals surface area contributed by atoms with Crippen molar-refractivity contribution in [2.45, 2.75) is 39.3 Å². The van der Waals surface area contributed by atoms with Crippen molar-refractivity contribution >= 4 is 29.9 Å². The molecule has 1 aromatic carbocycles. The number of hydrogen-bond donors (Lipinski definition) is 3. The molecule has 0 heterocycles. The lowest BCUT2D eigenvalue weighted by molar-refractivity contribution is -0.128. The Kier molecular flexibility index (Phi) is 7.81. The molecule has 0 bridgehead atoms. The lowest BCUT2D eigenvalue weighted by Crippen LogP contribution is -2.51. The van der Waals surface area contributed by atoms with Gasteiger partial charge in [-0.2, -0.15) is 0 Å². The Morgan fingerprint density at radius 3 is 2.24 bits per heavy atom. The van der Waals surface area contributed by atoms with E-state index in [4.69, 9.17) is 0 Å². The fraction of sp³-hybridized carbons (Fsp3) is 0.467. The number of amides is 2. The fourth-order valence-corrected chi connectivity index (χ4v) is 1.57. The van der Waals surface area contributed by atoms with Gasteiger partial charge >= 0.3 is 0 Å². The molecule has 0 aromatic heterocycles. The minimum atomic E-state index is -0.556. The van der Waals surface area contributed by atoms with E-state index in [-0.39, 0.29) is 36.3 Å². The highest BCUT2D eigenvalue weighted by Crippen LogP contribution is 2.03. The summed E-state index contributed by atoms with van der Waals surface area (Å²) in [6.45, 7) is 7.50. The lowest BCUT2D eigenvalue weighted by Gasteiger charge is -2.23. The molecule has 0 aliphatic heterocycles. The quantitative estimate of drug-likeness (QED) is 0.778. The van der Waals surface area contributed by atoms with Gasteiger partial charge in [-0.1, -0.05) is 18.2 Å². The normalized spacial score (nSPS) is 11.8. The number of rotatable bonds is 5. The third-order valence-electron chi connectivity index (χ3n) is 2.50. The van der Waals surface area contributed by atoms with Gasteiger partial charge in [0.1, 0.15) is 6.04 Å². The van der Waals surface area contributed by atoms with Gasteiger partial charge < -0.3 is 16.0 Å². The van der Waals surface area contributed by atoms with Crippen LogP contribution in [0.4, 0.5) is 5.69 Å². The molecule has 0 saturated carbocycles. The monoisotopic (exact) mass is 313 g/mol. The van der Waals surface area contributed by atoms with Gasteiger partial charge in [-0.05, 0) is 39.8 Å². The number of anilines is 1. The number of carbonyl (C=O) groups excluding carboxylic acids is 2. The van der Waals surface area contributed by atoms with Crippen molar-refractivity contribution in [2.24, 2.45) is 0 Å². The number of para-hydroxylation sites is 1. The van der Waals surface area contributed by atoms with Gasteiger partial charge in [0, 0.05) is 11.2 Å². The van der Waals surface area contributed by atoms with Gasteiger partial charge in [-0.15, -0.1) is 12.4 Å². The second kappa shape index (κ2) is 8.52. The fourth-order valence-electron chi connectivity index (χ4n) is 1.57. The van der Waals surface area contributed by atoms with Gasteiger partial charge in [0.25, 0.3) is 0 Å². The lowest BCUT2D eigenvalue weighted by atomic mass is 10.1. The number of carbonyl (C=O) groups is 2. The smallest absolute Gasteiger partial charge is 0.242 e. The zero-order valence-corrected chi connectivity index (χ0v) is 13.7. The van der Waals surface area contributed by atoms with E-state index >= 15 is 0 Å². The van der Waals surface area contributed by atoms with Gasteiger partial charge in [-0.3, -0.25) is 9.59 Å². The predicted octanol–water partition coefficient (Wildman–Crippen LogP) is 1.94. The van der Waals surface area contributed by atoms with Gasteiger partial charge in [0.05, 0.1) is 6.54 Å². The van der Waals surface area contributed by atoms with E-state index in [2.05, 4.69) is 16.0 Å². The molecular weight excluding hydrogens is 290 g/mol. The van der Waals surface area contributed by atoms with Crippen molar-refractivity contribution in [3.63, 3.8) is 0 Å². The Balaban J connectivity index is 0.00000400. The molecule has 21 heavy (non-hydrogen) atoms. The Morgan fingerprint density at radius 1 is 1.14 bits per heavy atom. The molecule has 0 aliphatic rings. The average Bonchev–Trinajstić information content (AvgIpc) is 2.35. The van der Waals surface area contributed by atoms with E-state index in [0.717, 1.165) is 5.69 Å². The molecule has 2 amide bonds. The van der Waals surface area contributed by atoms with Crippen LogP contribution in [-0.4, -0.2) is 29.9 Å². The highest BCUT2D eigenvalue weighted by molar-refractivity contribution is 5.89. The van der Waals surface area contributed by atoms with Crippen LogP contribution in [0.3, 0.4) is 0 Å². The van der Waals surface area contributed by atoms with E-state index in [0.29, 0.717) is 0 Å². The molecule has 1 rings (SSSR count). The Bertz CT molecular complexity index is 458. The number of benzene rings is 1. The molecule has 1 atom stereocenters. The molecule has 0 fully saturated rings. The maximum atomic E-state index is 11.8. The minimum absolute atomic E-state index is 0. The molecule has 118 valence electrons. The molecule has 0 radical (unpaired) electrons. The van der Waals surface area contributed by atoms with Crippen molar-refractivity contribution < 1.29 is 9.59 Å². The number of hydrogen-bond acceptors (Lipinski definition) is 3. The first kappa shape index (κ1) is 19.2. The first-order valence-corrected chi connectivity index (χ1v) is 6.68. The minimum Gasteiger partial charge on any atom is -0.376 e. The van der Waals surface area contributed by atoms with Crippen molar-refractivity contribution in [1.82, 2.24) is 10.6 Å². The topological polar surface area (TPSA) is 70.2 Å². The Morgan fingerprint density at radius 2 is 1.71 bits per heavy atom. The zero-order valence-electron chi connectivity index (χ0n) is 12.9. The second-order valence-corrected chi connectivity index (χ2v) is 5.75. The summed E-state index contributed by atoms with van der Waals surface area (Å²) >= 11 is 0. The summed E-state index contributed by atoms with van der Waals surface area (Å²) in [6, 6.07) is 8.88. The standard InChI is InChI=1S/C15H23N3O2.ClH/c1-11(14(20)18-15(2,3)4)17-13(19)10-16-12-8-6-5-7-9-12;/h5-9,11,16H,10H2,1-4H3,(H,17,19)(H,18,20);1H. The van der Waals surface area contributed by atoms with E-state index < -0.39 is 6.04 Å². The largest absolute Gasteiger partial charge is 0.376 e. The van der Waals surface area contributed by atoms with E-state index in [1.54, 1.807) is 6.92 Å². The number of nitrogens with one attached hydrogen (secondary N) is 3. The van der Waals surface area contributed by atoms with Gasteiger partial charge in [0.15, 0.2) is 0 Å². The average molecular weight is 314 g/mol. The molecule has 0 spiro atoms. The highest BCUT2D eigenvalue weighted by atomic mass is 35.5. The zero-order chi connectivity index (χ0) is 15.2. The van der Waals surface area contributed by atoms with Crippen LogP contribution in [0.2, 0.25) is 0 Å². The maximum Gasteiger partial charge on any atom is 0.242 e. The SMILES string of the molecule is CC(NC(=O)CNc1ccccc1)C(=O)NC(C)(C)C.Cl. The van der Waals surface area contributed by atoms with Crippen molar-refractivity contribution in [1.29, 1.82) is 0 Å². The second-order valence-electron chi connectivity index (χ2n) is 5.75. The third kappa shape index (κ3) is 8.19. The molecule has 6 heteroatoms.